The molecule has 14 atom stereocenters. The molecule has 0 rings (SSSR count). The smallest absolute Gasteiger partial charge is 0.254 e. The number of carbonyl (C=O) groups is 1. The molecule has 16 N–H and O–H groups in total. The SMILES string of the molecule is CC(O)COCC(O)COCC(O)COCC(O)COCC(O)COCC(O)C(=O)N(C[C@H](O)[C@@H](O)[C@H](O)[C@H](O)CO)C[C@H](O)[C@@H](O)[C@H](O)[C@H](O)CO. The van der Waals surface area contributed by atoms with Crippen LogP contribution in [0.4, 0.5) is 0 Å². The third-order valence-corrected chi connectivity index (χ3v) is 7.18. The van der Waals surface area contributed by atoms with Crippen LogP contribution in [0.1, 0.15) is 6.92 Å². The molecule has 0 aromatic rings. The first-order valence-electron chi connectivity index (χ1n) is 16.8. The molecule has 0 bridgehead atoms. The molecule has 0 aliphatic carbocycles. The Labute approximate surface area is 306 Å². The minimum atomic E-state index is -2.17. The molecule has 0 saturated carbocycles. The summed E-state index contributed by atoms with van der Waals surface area (Å²) in [5.74, 6) is -1.29. The molecule has 1 amide bonds. The third-order valence-electron chi connectivity index (χ3n) is 7.18. The van der Waals surface area contributed by atoms with Crippen molar-refractivity contribution in [3.8, 4) is 0 Å². The molecule has 0 aliphatic heterocycles. The Morgan fingerprint density at radius 2 is 0.698 bits per heavy atom. The molecule has 0 heterocycles. The summed E-state index contributed by atoms with van der Waals surface area (Å²) in [6.45, 7) is -5.22. The standard InChI is InChI=1S/C30H61NO22/c1-16(34)6-49-7-17(35)8-50-9-18(36)10-51-11-19(37)12-52-13-20(38)14-53-15-25(43)30(48)31(2-21(39)26(44)28(46)23(41)4-32)3-22(40)27(45)29(47)24(42)5-33/h16-29,32-47H,2-15H2,1H3/t16?,17?,18?,19?,20?,21-,22-,23+,24+,25?,26+,27+,28+,29+/m0/s1. The Bertz CT molecular complexity index is 880. The maximum absolute atomic E-state index is 13.0. The van der Waals surface area contributed by atoms with Crippen LogP contribution in [0.25, 0.3) is 0 Å². The lowest BCUT2D eigenvalue weighted by molar-refractivity contribution is -0.157. The molecule has 318 valence electrons. The first kappa shape index (κ1) is 51.6. The Morgan fingerprint density at radius 1 is 0.434 bits per heavy atom. The highest BCUT2D eigenvalue weighted by Crippen LogP contribution is 2.12. The van der Waals surface area contributed by atoms with E-state index in [-0.39, 0.29) is 52.9 Å². The van der Waals surface area contributed by atoms with Gasteiger partial charge in [0, 0.05) is 13.1 Å². The van der Waals surface area contributed by atoms with Crippen LogP contribution in [-0.2, 0) is 28.5 Å². The van der Waals surface area contributed by atoms with E-state index in [0.717, 1.165) is 0 Å². The van der Waals surface area contributed by atoms with Gasteiger partial charge < -0.3 is 110 Å². The number of aliphatic hydroxyl groups excluding tert-OH is 16. The molecule has 0 saturated heterocycles. The van der Waals surface area contributed by atoms with Crippen molar-refractivity contribution in [1.29, 1.82) is 0 Å². The maximum Gasteiger partial charge on any atom is 0.254 e. The summed E-state index contributed by atoms with van der Waals surface area (Å²) in [5.41, 5.74) is 0. The van der Waals surface area contributed by atoms with Crippen LogP contribution in [-0.4, -0.2) is 270 Å². The fraction of sp³-hybridized carbons (Fsp3) is 0.967. The predicted octanol–water partition coefficient (Wildman–Crippen LogP) is -10.0. The molecule has 0 aliphatic rings. The zero-order valence-electron chi connectivity index (χ0n) is 29.5. The second-order valence-electron chi connectivity index (χ2n) is 12.5. The summed E-state index contributed by atoms with van der Waals surface area (Å²) in [6, 6.07) is 0. The number of nitrogens with zero attached hydrogens (tertiary/aromatic N) is 1. The summed E-state index contributed by atoms with van der Waals surface area (Å²) in [4.78, 5) is 13.5. The Hall–Kier alpha value is -1.37. The second kappa shape index (κ2) is 29.0. The van der Waals surface area contributed by atoms with E-state index in [0.29, 0.717) is 4.90 Å². The fourth-order valence-electron chi connectivity index (χ4n) is 4.23. The largest absolute Gasteiger partial charge is 0.394 e. The first-order chi connectivity index (χ1) is 24.9. The molecular formula is C30H61NO22. The Kier molecular flexibility index (Phi) is 28.2. The highest BCUT2D eigenvalue weighted by Gasteiger charge is 2.37. The van der Waals surface area contributed by atoms with Crippen molar-refractivity contribution in [2.75, 3.05) is 92.4 Å². The van der Waals surface area contributed by atoms with E-state index >= 15 is 0 Å². The average molecular weight is 788 g/mol. The van der Waals surface area contributed by atoms with Gasteiger partial charge in [-0.05, 0) is 6.92 Å². The van der Waals surface area contributed by atoms with E-state index in [4.69, 9.17) is 39.0 Å². The predicted molar refractivity (Wildman–Crippen MR) is 175 cm³/mol. The molecule has 23 heteroatoms. The highest BCUT2D eigenvalue weighted by atomic mass is 16.5. The van der Waals surface area contributed by atoms with E-state index in [9.17, 15) is 71.2 Å². The summed E-state index contributed by atoms with van der Waals surface area (Å²) in [6.07, 6.45) is -23.8. The van der Waals surface area contributed by atoms with Gasteiger partial charge in [0.2, 0.25) is 0 Å². The van der Waals surface area contributed by atoms with Gasteiger partial charge in [-0.3, -0.25) is 4.79 Å². The van der Waals surface area contributed by atoms with Gasteiger partial charge in [0.25, 0.3) is 5.91 Å². The minimum absolute atomic E-state index is 0.0485. The van der Waals surface area contributed by atoms with Crippen molar-refractivity contribution >= 4 is 5.91 Å². The summed E-state index contributed by atoms with van der Waals surface area (Å²) < 4.78 is 25.6. The van der Waals surface area contributed by atoms with Crippen LogP contribution in [0.2, 0.25) is 0 Å². The Balaban J connectivity index is 4.76. The van der Waals surface area contributed by atoms with Crippen molar-refractivity contribution in [3.05, 3.63) is 0 Å². The summed E-state index contributed by atoms with van der Waals surface area (Å²) in [7, 11) is 0. The van der Waals surface area contributed by atoms with Gasteiger partial charge >= 0.3 is 0 Å². The van der Waals surface area contributed by atoms with Gasteiger partial charge in [0.15, 0.2) is 6.10 Å². The lowest BCUT2D eigenvalue weighted by Crippen LogP contribution is -2.56. The van der Waals surface area contributed by atoms with Crippen molar-refractivity contribution in [2.45, 2.75) is 92.4 Å². The molecule has 23 nitrogen and oxygen atoms in total. The van der Waals surface area contributed by atoms with Crippen LogP contribution in [0.3, 0.4) is 0 Å². The van der Waals surface area contributed by atoms with Gasteiger partial charge in [-0.25, -0.2) is 0 Å². The zero-order valence-corrected chi connectivity index (χ0v) is 29.5. The van der Waals surface area contributed by atoms with E-state index in [1.807, 2.05) is 0 Å². The van der Waals surface area contributed by atoms with Crippen LogP contribution < -0.4 is 0 Å². The van der Waals surface area contributed by atoms with Crippen molar-refractivity contribution < 1.29 is 110 Å². The number of ether oxygens (including phenoxy) is 5. The first-order valence-corrected chi connectivity index (χ1v) is 16.8. The van der Waals surface area contributed by atoms with Crippen LogP contribution >= 0.6 is 0 Å². The number of carbonyl (C=O) groups excluding carboxylic acids is 1. The molecule has 0 aromatic carbocycles. The van der Waals surface area contributed by atoms with E-state index in [2.05, 4.69) is 0 Å². The zero-order chi connectivity index (χ0) is 40.7. The van der Waals surface area contributed by atoms with Gasteiger partial charge in [-0.2, -0.15) is 0 Å². The number of aliphatic hydroxyl groups is 16. The number of amides is 1. The van der Waals surface area contributed by atoms with Crippen LogP contribution in [0, 0.1) is 0 Å². The molecule has 0 fully saturated rings. The van der Waals surface area contributed by atoms with Crippen LogP contribution in [0.15, 0.2) is 0 Å². The molecule has 53 heavy (non-hydrogen) atoms. The number of rotatable bonds is 33. The molecule has 6 unspecified atom stereocenters. The van der Waals surface area contributed by atoms with Gasteiger partial charge in [-0.15, -0.1) is 0 Å². The van der Waals surface area contributed by atoms with E-state index in [1.165, 1.54) is 6.92 Å². The fourth-order valence-corrected chi connectivity index (χ4v) is 4.23. The monoisotopic (exact) mass is 787 g/mol. The van der Waals surface area contributed by atoms with Crippen molar-refractivity contribution in [3.63, 3.8) is 0 Å². The quantitative estimate of drug-likeness (QED) is 0.0293. The van der Waals surface area contributed by atoms with Gasteiger partial charge in [-0.1, -0.05) is 0 Å². The van der Waals surface area contributed by atoms with E-state index < -0.39 is 131 Å². The second-order valence-corrected chi connectivity index (χ2v) is 12.5. The minimum Gasteiger partial charge on any atom is -0.394 e. The summed E-state index contributed by atoms with van der Waals surface area (Å²) in [5, 5.41) is 157. The average Bonchev–Trinajstić information content (AvgIpc) is 3.11. The summed E-state index contributed by atoms with van der Waals surface area (Å²) >= 11 is 0. The van der Waals surface area contributed by atoms with Crippen molar-refractivity contribution in [1.82, 2.24) is 4.90 Å². The molecule has 0 spiro atoms. The Morgan fingerprint density at radius 3 is 0.981 bits per heavy atom. The molecular weight excluding hydrogens is 726 g/mol. The van der Waals surface area contributed by atoms with Crippen molar-refractivity contribution in [2.24, 2.45) is 0 Å². The lowest BCUT2D eigenvalue weighted by atomic mass is 10.0. The molecule has 0 radical (unpaired) electrons. The number of hydrogen-bond acceptors (Lipinski definition) is 22. The van der Waals surface area contributed by atoms with Gasteiger partial charge in [0.05, 0.1) is 85.4 Å². The van der Waals surface area contributed by atoms with Crippen LogP contribution in [0.5, 0.6) is 0 Å². The topological polar surface area (TPSA) is 390 Å². The van der Waals surface area contributed by atoms with Gasteiger partial charge in [0.1, 0.15) is 73.2 Å². The highest BCUT2D eigenvalue weighted by molar-refractivity contribution is 5.80. The van der Waals surface area contributed by atoms with E-state index in [1.54, 1.807) is 0 Å². The lowest BCUT2D eigenvalue weighted by Gasteiger charge is -2.34. The normalized spacial score (nSPS) is 20.2. The maximum atomic E-state index is 13.0. The molecule has 0 aromatic heterocycles. The third kappa shape index (κ3) is 22.7. The number of hydrogen-bond donors (Lipinski definition) is 16.